The quantitative estimate of drug-likeness (QED) is 0.110. The molecule has 0 spiro atoms. The van der Waals surface area contributed by atoms with Crippen molar-refractivity contribution in [1.82, 2.24) is 30.5 Å². The highest BCUT2D eigenvalue weighted by Gasteiger charge is 2.28. The van der Waals surface area contributed by atoms with Gasteiger partial charge in [0.25, 0.3) is 22.6 Å². The van der Waals surface area contributed by atoms with Crippen LogP contribution < -0.4 is 22.0 Å². The number of benzene rings is 2. The van der Waals surface area contributed by atoms with Gasteiger partial charge in [-0.25, -0.2) is 5.10 Å². The molecule has 6 aromatic rings. The van der Waals surface area contributed by atoms with Crippen LogP contribution in [0, 0.1) is 5.41 Å². The van der Waals surface area contributed by atoms with Gasteiger partial charge in [0.05, 0.1) is 0 Å². The van der Waals surface area contributed by atoms with Crippen molar-refractivity contribution in [3.63, 3.8) is 0 Å². The average molecular weight is 941 g/mol. The Balaban J connectivity index is 0.000000286. The molecule has 0 unspecified atom stereocenters. The number of imide groups is 1. The molecular formula is C58H80N6O5. The molecule has 372 valence electrons. The summed E-state index contributed by atoms with van der Waals surface area (Å²) in [6.45, 7) is 37.2. The van der Waals surface area contributed by atoms with Crippen LogP contribution >= 0.6 is 0 Å². The van der Waals surface area contributed by atoms with E-state index < -0.39 is 0 Å². The van der Waals surface area contributed by atoms with Crippen molar-refractivity contribution in [3.05, 3.63) is 186 Å². The van der Waals surface area contributed by atoms with E-state index in [1.54, 1.807) is 24.5 Å². The minimum absolute atomic E-state index is 0.0139. The Kier molecular flexibility index (Phi) is 21.0. The number of hydrogen-bond donors (Lipinski definition) is 4. The first-order chi connectivity index (χ1) is 31.6. The molecule has 4 aromatic heterocycles. The van der Waals surface area contributed by atoms with Crippen LogP contribution in [0.1, 0.15) is 159 Å². The highest BCUT2D eigenvalue weighted by Crippen LogP contribution is 2.27. The fraction of sp³-hybridized carbons (Fsp3) is 0.431. The fourth-order valence-corrected chi connectivity index (χ4v) is 6.57. The lowest BCUT2D eigenvalue weighted by Gasteiger charge is -2.24. The van der Waals surface area contributed by atoms with E-state index >= 15 is 0 Å². The summed E-state index contributed by atoms with van der Waals surface area (Å²) in [5.74, 6) is -0.466. The Bertz CT molecular complexity index is 2650. The molecule has 2 aromatic carbocycles. The van der Waals surface area contributed by atoms with Crippen LogP contribution in [0.25, 0.3) is 10.9 Å². The van der Waals surface area contributed by atoms with E-state index in [1.165, 1.54) is 5.56 Å². The molecular weight excluding hydrogens is 861 g/mol. The molecule has 0 bridgehead atoms. The number of aromatic nitrogens is 5. The first-order valence-corrected chi connectivity index (χ1v) is 23.5. The predicted octanol–water partition coefficient (Wildman–Crippen LogP) is 11.9. The molecule has 0 saturated heterocycles. The third kappa shape index (κ3) is 20.3. The number of para-hydroxylation sites is 1. The molecule has 11 heteroatoms. The first-order valence-electron chi connectivity index (χ1n) is 23.5. The van der Waals surface area contributed by atoms with E-state index in [2.05, 4.69) is 108 Å². The number of H-pyrrole nitrogens is 3. The zero-order valence-electron chi connectivity index (χ0n) is 44.7. The Morgan fingerprint density at radius 2 is 1.03 bits per heavy atom. The number of nitrogens with one attached hydrogen (secondary N) is 4. The Morgan fingerprint density at radius 1 is 0.478 bits per heavy atom. The number of aromatic amines is 3. The number of carbonyl (C=O) groups is 2. The van der Waals surface area contributed by atoms with Gasteiger partial charge in [-0.05, 0) is 74.4 Å². The molecule has 11 nitrogen and oxygen atoms in total. The van der Waals surface area contributed by atoms with Crippen molar-refractivity contribution < 1.29 is 9.59 Å². The highest BCUT2D eigenvalue weighted by atomic mass is 16.2. The van der Waals surface area contributed by atoms with Crippen molar-refractivity contribution in [2.75, 3.05) is 0 Å². The summed E-state index contributed by atoms with van der Waals surface area (Å²) in [4.78, 5) is 66.0. The maximum atomic E-state index is 11.8. The van der Waals surface area contributed by atoms with Gasteiger partial charge in [0.1, 0.15) is 0 Å². The monoisotopic (exact) mass is 941 g/mol. The van der Waals surface area contributed by atoms with E-state index in [-0.39, 0.29) is 55.6 Å². The van der Waals surface area contributed by atoms with E-state index in [1.807, 2.05) is 144 Å². The minimum Gasteiger partial charge on any atom is -0.329 e. The Hall–Kier alpha value is -6.49. The van der Waals surface area contributed by atoms with Crippen molar-refractivity contribution >= 4 is 22.7 Å². The van der Waals surface area contributed by atoms with Crippen LogP contribution in [0.15, 0.2) is 142 Å². The number of rotatable bonds is 0. The maximum absolute atomic E-state index is 11.8. The summed E-state index contributed by atoms with van der Waals surface area (Å²) in [5, 5.41) is 9.40. The zero-order valence-corrected chi connectivity index (χ0v) is 44.7. The lowest BCUT2D eigenvalue weighted by Crippen LogP contribution is -2.38. The predicted molar refractivity (Wildman–Crippen MR) is 286 cm³/mol. The lowest BCUT2D eigenvalue weighted by molar-refractivity contribution is -0.129. The van der Waals surface area contributed by atoms with Gasteiger partial charge in [0, 0.05) is 63.9 Å². The highest BCUT2D eigenvalue weighted by molar-refractivity contribution is 6.08. The second-order valence-electron chi connectivity index (χ2n) is 23.1. The van der Waals surface area contributed by atoms with Crippen molar-refractivity contribution in [3.8, 4) is 0 Å². The van der Waals surface area contributed by atoms with Gasteiger partial charge < -0.3 is 9.97 Å². The van der Waals surface area contributed by atoms with Crippen LogP contribution in [0.3, 0.4) is 0 Å². The smallest absolute Gasteiger partial charge is 0.267 e. The normalized spacial score (nSPS) is 12.9. The van der Waals surface area contributed by atoms with Gasteiger partial charge in [0.15, 0.2) is 0 Å². The summed E-state index contributed by atoms with van der Waals surface area (Å²) < 4.78 is 0. The Labute approximate surface area is 411 Å². The third-order valence-corrected chi connectivity index (χ3v) is 10.6. The number of pyridine rings is 3. The third-order valence-electron chi connectivity index (χ3n) is 10.6. The lowest BCUT2D eigenvalue weighted by atomic mass is 9.84. The van der Waals surface area contributed by atoms with Crippen molar-refractivity contribution in [1.29, 1.82) is 0 Å². The minimum atomic E-state index is -0.251. The number of fused-ring (bicyclic) bond motifs is 1. The van der Waals surface area contributed by atoms with Gasteiger partial charge in [0.2, 0.25) is 5.91 Å². The van der Waals surface area contributed by atoms with E-state index in [4.69, 9.17) is 0 Å². The molecule has 7 rings (SSSR count). The van der Waals surface area contributed by atoms with Gasteiger partial charge in [-0.1, -0.05) is 191 Å². The van der Waals surface area contributed by atoms with Crippen LogP contribution in [-0.2, 0) is 36.7 Å². The average Bonchev–Trinajstić information content (AvgIpc) is 3.23. The summed E-state index contributed by atoms with van der Waals surface area (Å²) in [5.41, 5.74) is 6.54. The topological polar surface area (TPSA) is 171 Å². The van der Waals surface area contributed by atoms with Crippen LogP contribution in [0.4, 0.5) is 0 Å². The molecule has 2 amide bonds. The summed E-state index contributed by atoms with van der Waals surface area (Å²) in [7, 11) is 0. The van der Waals surface area contributed by atoms with Gasteiger partial charge in [-0.3, -0.25) is 34.3 Å². The van der Waals surface area contributed by atoms with Gasteiger partial charge >= 0.3 is 0 Å². The summed E-state index contributed by atoms with van der Waals surface area (Å²) >= 11 is 0. The summed E-state index contributed by atoms with van der Waals surface area (Å²) in [6, 6.07) is 31.8. The van der Waals surface area contributed by atoms with Crippen LogP contribution in [-0.4, -0.2) is 37.0 Å². The first kappa shape index (κ1) is 58.6. The molecule has 1 aliphatic heterocycles. The number of nitrogens with zero attached hydrogens (tertiary/aromatic N) is 2. The standard InChI is InChI=1S/C13H15NO.C10H14.C9H13NO2.C9H13NO.C9H13N.C8H12N2O/c1-13(2,3)10-8-9-6-4-5-7-11(9)14-12(10)15;1-10(2,3)9-7-5-4-6-8-9;1-9(2,3)6-4-5-7(11)10-8(6)12;1-9(2,3)7-5-4-6-10-8(7)11;1-9(2,3)8-6-4-5-7-10-8;1-8(2,3)6-4-5-9-10-7(6)11/h4-8H,1-3H3,(H,14,15);4-8H,1-3H3;4H,5H2,1-3H3,(H,10,11,12);4-6H,1-3H3,(H,10,11);4-7H,1-3H3;4-5H,1-3H3,(H,10,11). The van der Waals surface area contributed by atoms with Crippen LogP contribution in [0.5, 0.6) is 0 Å². The van der Waals surface area contributed by atoms with Crippen molar-refractivity contribution in [2.45, 2.75) is 158 Å². The van der Waals surface area contributed by atoms with Crippen LogP contribution in [0.2, 0.25) is 0 Å². The molecule has 0 radical (unpaired) electrons. The number of carbonyl (C=O) groups excluding carboxylic acids is 2. The number of amides is 2. The fourth-order valence-electron chi connectivity index (χ4n) is 6.57. The molecule has 0 saturated carbocycles. The molecule has 1 aliphatic rings. The molecule has 0 aliphatic carbocycles. The maximum Gasteiger partial charge on any atom is 0.267 e. The molecule has 5 heterocycles. The van der Waals surface area contributed by atoms with E-state index in [0.29, 0.717) is 17.4 Å². The summed E-state index contributed by atoms with van der Waals surface area (Å²) in [6.07, 6.45) is 7.11. The van der Waals surface area contributed by atoms with E-state index in [9.17, 15) is 24.0 Å². The Morgan fingerprint density at radius 3 is 1.45 bits per heavy atom. The number of hydrogen-bond acceptors (Lipinski definition) is 7. The molecule has 4 N–H and O–H groups in total. The van der Waals surface area contributed by atoms with Gasteiger partial charge in [-0.15, -0.1) is 0 Å². The second kappa shape index (κ2) is 24.7. The molecule has 0 atom stereocenters. The molecule has 69 heavy (non-hydrogen) atoms. The second-order valence-corrected chi connectivity index (χ2v) is 23.1. The SMILES string of the molecule is CC(C)(C)C1=CCC(=O)NC1=O.CC(C)(C)c1cc2ccccc2[nH]c1=O.CC(C)(C)c1ccc[nH]c1=O.CC(C)(C)c1ccccc1.CC(C)(C)c1ccccn1.CC(C)(C)c1ccn[nH]c1=O. The van der Waals surface area contributed by atoms with E-state index in [0.717, 1.165) is 33.3 Å². The molecule has 0 fully saturated rings. The van der Waals surface area contributed by atoms with Crippen molar-refractivity contribution in [2.24, 2.45) is 5.41 Å². The largest absolute Gasteiger partial charge is 0.329 e. The van der Waals surface area contributed by atoms with Gasteiger partial charge in [-0.2, -0.15) is 5.10 Å². The zero-order chi connectivity index (χ0) is 52.6.